The third kappa shape index (κ3) is 6.39. The predicted octanol–water partition coefficient (Wildman–Crippen LogP) is 3.52. The second-order valence-corrected chi connectivity index (χ2v) is 19.5. The average Bonchev–Trinajstić information content (AvgIpc) is 3.32. The predicted molar refractivity (Wildman–Crippen MR) is 168 cm³/mol. The zero-order valence-corrected chi connectivity index (χ0v) is 30.8. The Labute approximate surface area is 269 Å². The molecule has 5 rings (SSSR count). The van der Waals surface area contributed by atoms with Gasteiger partial charge in [-0.15, -0.1) is 0 Å². The number of fused-ring (bicyclic) bond motifs is 3. The molecule has 0 amide bonds. The molecule has 41 heavy (non-hydrogen) atoms. The summed E-state index contributed by atoms with van der Waals surface area (Å²) in [6, 6.07) is 21.7. The van der Waals surface area contributed by atoms with Crippen LogP contribution in [0.1, 0.15) is 103 Å². The number of benzene rings is 3. The number of aryl methyl sites for hydroxylation is 1. The van der Waals surface area contributed by atoms with Gasteiger partial charge in [0.25, 0.3) is 0 Å². The molecule has 2 aliphatic rings. The molecule has 0 aromatic heterocycles. The molecule has 0 heterocycles. The van der Waals surface area contributed by atoms with Gasteiger partial charge >= 0.3 is 247 Å². The van der Waals surface area contributed by atoms with Crippen molar-refractivity contribution in [3.63, 3.8) is 0 Å². The van der Waals surface area contributed by atoms with Crippen molar-refractivity contribution in [2.24, 2.45) is 5.92 Å². The van der Waals surface area contributed by atoms with Crippen molar-refractivity contribution >= 4 is 6.98 Å². The average molecular weight is 665 g/mol. The number of rotatable bonds is 3. The first kappa shape index (κ1) is 34.0. The fourth-order valence-corrected chi connectivity index (χ4v) is 14.4. The summed E-state index contributed by atoms with van der Waals surface area (Å²) in [5.74, 6) is 0.534. The van der Waals surface area contributed by atoms with E-state index in [0.717, 1.165) is 6.42 Å². The van der Waals surface area contributed by atoms with Gasteiger partial charge in [0.2, 0.25) is 0 Å². The standard InChI is InChI=1S/C21H25.C9H13.C8H8.2ClH.Zr/c1-20(2,3)16-9-7-14-11-15-8-10-17(21(4,5)6)13-19(15)18(14)12-16;1-6-5-7(2)9(4)8(6)3;1-7-3-5-8(2)6-4-7;;;/h7,9-10,12-13H,11H2,1-6H3;6H,1-4H3;1,3-6H,2H3;2*1H;/q;;;;;+2/p-2. The number of halogens is 2. The van der Waals surface area contributed by atoms with Gasteiger partial charge in [0.15, 0.2) is 0 Å². The summed E-state index contributed by atoms with van der Waals surface area (Å²) in [5.41, 5.74) is 16.6. The van der Waals surface area contributed by atoms with E-state index in [9.17, 15) is 0 Å². The van der Waals surface area contributed by atoms with Gasteiger partial charge in [-0.05, 0) is 0 Å². The molecule has 3 aromatic rings. The molecule has 0 radical (unpaired) electrons. The maximum Gasteiger partial charge on any atom is -1.00 e. The minimum absolute atomic E-state index is 0. The number of hydrogen-bond donors (Lipinski definition) is 0. The summed E-state index contributed by atoms with van der Waals surface area (Å²) in [5, 5.41) is 0. The Bertz CT molecular complexity index is 1570. The molecule has 0 spiro atoms. The smallest absolute Gasteiger partial charge is 1.00 e. The molecular formula is C38H46Cl2Zr. The van der Waals surface area contributed by atoms with E-state index in [4.69, 9.17) is 0 Å². The first-order chi connectivity index (χ1) is 18.2. The van der Waals surface area contributed by atoms with Crippen LogP contribution in [0.2, 0.25) is 0 Å². The summed E-state index contributed by atoms with van der Waals surface area (Å²) in [6.07, 6.45) is 1.06. The Balaban J connectivity index is 0.00000231. The van der Waals surface area contributed by atoms with E-state index in [-0.39, 0.29) is 35.6 Å². The molecule has 1 unspecified atom stereocenters. The molecular weight excluding hydrogens is 619 g/mol. The van der Waals surface area contributed by atoms with E-state index in [1.54, 1.807) is 23.3 Å². The van der Waals surface area contributed by atoms with Crippen molar-refractivity contribution in [3.8, 4) is 11.1 Å². The quantitative estimate of drug-likeness (QED) is 0.315. The van der Waals surface area contributed by atoms with E-state index in [1.165, 1.54) is 44.5 Å². The third-order valence-electron chi connectivity index (χ3n) is 9.36. The minimum Gasteiger partial charge on any atom is -1.00 e. The molecule has 0 nitrogen and oxygen atoms in total. The fraction of sp³-hybridized carbons (Fsp3) is 0.395. The van der Waals surface area contributed by atoms with Crippen molar-refractivity contribution < 1.29 is 46.1 Å². The molecule has 0 N–H and O–H groups in total. The SMILES string of the molecule is CC1=C(C)C(C)[C](/[Zr+2](=[CH]/c2ccc(C)cc2)[c]2cc(C(C)(C)C)cc3c2Cc2ccc(C(C)(C)C)cc2-3)=C1C.[Cl-].[Cl-]. The Kier molecular flexibility index (Phi) is 10.1. The molecule has 3 heteroatoms. The van der Waals surface area contributed by atoms with Gasteiger partial charge in [0.05, 0.1) is 0 Å². The van der Waals surface area contributed by atoms with Crippen LogP contribution < -0.4 is 28.1 Å². The molecule has 2 aliphatic carbocycles. The maximum atomic E-state index is 2.74. The summed E-state index contributed by atoms with van der Waals surface area (Å²) >= 11 is -2.49. The van der Waals surface area contributed by atoms with E-state index in [1.807, 2.05) is 0 Å². The monoisotopic (exact) mass is 662 g/mol. The molecule has 3 aromatic carbocycles. The van der Waals surface area contributed by atoms with Crippen LogP contribution in [-0.4, -0.2) is 3.71 Å². The molecule has 216 valence electrons. The second kappa shape index (κ2) is 12.2. The molecule has 0 fully saturated rings. The van der Waals surface area contributed by atoms with Crippen molar-refractivity contribution in [2.45, 2.75) is 93.4 Å². The molecule has 0 saturated carbocycles. The minimum atomic E-state index is -2.49. The van der Waals surface area contributed by atoms with E-state index >= 15 is 0 Å². The summed E-state index contributed by atoms with van der Waals surface area (Å²) < 4.78 is 6.21. The number of allylic oxidation sites excluding steroid dienone is 4. The van der Waals surface area contributed by atoms with Crippen LogP contribution in [0.4, 0.5) is 0 Å². The van der Waals surface area contributed by atoms with Gasteiger partial charge in [-0.25, -0.2) is 0 Å². The van der Waals surface area contributed by atoms with Crippen LogP contribution in [0.3, 0.4) is 0 Å². The molecule has 0 aliphatic heterocycles. The zero-order valence-electron chi connectivity index (χ0n) is 26.8. The van der Waals surface area contributed by atoms with Crippen molar-refractivity contribution in [1.82, 2.24) is 0 Å². The largest absolute Gasteiger partial charge is 1.00 e. The van der Waals surface area contributed by atoms with Gasteiger partial charge in [0, 0.05) is 0 Å². The van der Waals surface area contributed by atoms with Crippen molar-refractivity contribution in [1.29, 1.82) is 0 Å². The maximum absolute atomic E-state index is 2.74. The van der Waals surface area contributed by atoms with E-state index in [0.29, 0.717) is 5.92 Å². The van der Waals surface area contributed by atoms with Gasteiger partial charge < -0.3 is 24.8 Å². The zero-order chi connectivity index (χ0) is 28.4. The summed E-state index contributed by atoms with van der Waals surface area (Å²) in [7, 11) is 0. The van der Waals surface area contributed by atoms with Crippen molar-refractivity contribution in [3.05, 3.63) is 108 Å². The topological polar surface area (TPSA) is 0 Å². The normalized spacial score (nSPS) is 16.4. The van der Waals surface area contributed by atoms with Gasteiger partial charge in [-0.2, -0.15) is 0 Å². The summed E-state index contributed by atoms with van der Waals surface area (Å²) in [4.78, 5) is 0. The summed E-state index contributed by atoms with van der Waals surface area (Å²) in [6.45, 7) is 25.9. The van der Waals surface area contributed by atoms with Gasteiger partial charge in [-0.3, -0.25) is 0 Å². The first-order valence-corrected chi connectivity index (χ1v) is 18.5. The van der Waals surface area contributed by atoms with Crippen LogP contribution in [-0.2, 0) is 38.5 Å². The second-order valence-electron chi connectivity index (χ2n) is 14.1. The van der Waals surface area contributed by atoms with Crippen LogP contribution >= 0.6 is 0 Å². The van der Waals surface area contributed by atoms with Crippen LogP contribution in [0, 0.1) is 12.8 Å². The Morgan fingerprint density at radius 2 is 1.29 bits per heavy atom. The number of hydrogen-bond acceptors (Lipinski definition) is 0. The molecule has 0 saturated heterocycles. The van der Waals surface area contributed by atoms with Crippen LogP contribution in [0.25, 0.3) is 11.1 Å². The van der Waals surface area contributed by atoms with Crippen LogP contribution in [0.15, 0.2) is 74.6 Å². The molecule has 0 bridgehead atoms. The fourth-order valence-electron chi connectivity index (χ4n) is 6.34. The first-order valence-electron chi connectivity index (χ1n) is 14.7. The van der Waals surface area contributed by atoms with E-state index in [2.05, 4.69) is 134 Å². The van der Waals surface area contributed by atoms with Gasteiger partial charge in [-0.1, -0.05) is 0 Å². The Morgan fingerprint density at radius 1 is 0.707 bits per heavy atom. The van der Waals surface area contributed by atoms with E-state index < -0.39 is 21.3 Å². The third-order valence-corrected chi connectivity index (χ3v) is 16.8. The Morgan fingerprint density at radius 3 is 1.83 bits per heavy atom. The van der Waals surface area contributed by atoms with Gasteiger partial charge in [0.1, 0.15) is 0 Å². The van der Waals surface area contributed by atoms with Crippen LogP contribution in [0.5, 0.6) is 0 Å². The molecule has 1 atom stereocenters. The van der Waals surface area contributed by atoms with Crippen molar-refractivity contribution in [2.75, 3.05) is 0 Å². The Hall–Kier alpha value is -1.53.